The number of pyridine rings is 1. The van der Waals surface area contributed by atoms with Crippen LogP contribution in [-0.2, 0) is 9.59 Å². The van der Waals surface area contributed by atoms with Gasteiger partial charge < -0.3 is 10.6 Å². The molecular formula is C18H16N4O3. The van der Waals surface area contributed by atoms with Gasteiger partial charge in [-0.1, -0.05) is 18.2 Å². The molecule has 0 aliphatic carbocycles. The SMILES string of the molecule is CC(=O)Nc1cc(C(=O)C(C#N)C(=O)Nc2ccccn2)ccc1C. The Morgan fingerprint density at radius 1 is 1.16 bits per heavy atom. The molecule has 0 aliphatic heterocycles. The molecule has 1 aromatic carbocycles. The van der Waals surface area contributed by atoms with E-state index in [1.165, 1.54) is 25.3 Å². The van der Waals surface area contributed by atoms with Crippen molar-refractivity contribution in [3.63, 3.8) is 0 Å². The van der Waals surface area contributed by atoms with Gasteiger partial charge in [0.25, 0.3) is 5.91 Å². The van der Waals surface area contributed by atoms with Crippen molar-refractivity contribution in [1.29, 1.82) is 5.26 Å². The number of hydrogen-bond donors (Lipinski definition) is 2. The zero-order valence-electron chi connectivity index (χ0n) is 13.7. The van der Waals surface area contributed by atoms with Crippen LogP contribution in [0.3, 0.4) is 0 Å². The first-order chi connectivity index (χ1) is 11.9. The van der Waals surface area contributed by atoms with Gasteiger partial charge in [0.1, 0.15) is 5.82 Å². The van der Waals surface area contributed by atoms with Crippen LogP contribution in [0.5, 0.6) is 0 Å². The lowest BCUT2D eigenvalue weighted by atomic mass is 9.96. The third-order valence-electron chi connectivity index (χ3n) is 3.40. The quantitative estimate of drug-likeness (QED) is 0.643. The number of rotatable bonds is 5. The van der Waals surface area contributed by atoms with E-state index in [2.05, 4.69) is 15.6 Å². The third kappa shape index (κ3) is 4.48. The summed E-state index contributed by atoms with van der Waals surface area (Å²) in [6.45, 7) is 3.13. The van der Waals surface area contributed by atoms with Gasteiger partial charge in [-0.05, 0) is 30.7 Å². The standard InChI is InChI=1S/C18H16N4O3/c1-11-6-7-13(9-15(11)21-12(2)23)17(24)14(10-19)18(25)22-16-5-3-4-8-20-16/h3-9,14H,1-2H3,(H,21,23)(H,20,22,25). The number of amides is 2. The van der Waals surface area contributed by atoms with Crippen molar-refractivity contribution in [2.75, 3.05) is 10.6 Å². The summed E-state index contributed by atoms with van der Waals surface area (Å²) in [4.78, 5) is 39.9. The molecule has 1 unspecified atom stereocenters. The Labute approximate surface area is 144 Å². The van der Waals surface area contributed by atoms with Gasteiger partial charge in [-0.15, -0.1) is 0 Å². The molecule has 1 aromatic heterocycles. The summed E-state index contributed by atoms with van der Waals surface area (Å²) in [5.41, 5.74) is 1.38. The lowest BCUT2D eigenvalue weighted by molar-refractivity contribution is -0.117. The van der Waals surface area contributed by atoms with E-state index in [4.69, 9.17) is 0 Å². The zero-order chi connectivity index (χ0) is 18.4. The van der Waals surface area contributed by atoms with Crippen molar-refractivity contribution in [2.24, 2.45) is 5.92 Å². The summed E-state index contributed by atoms with van der Waals surface area (Å²) in [7, 11) is 0. The van der Waals surface area contributed by atoms with Crippen LogP contribution in [0.1, 0.15) is 22.8 Å². The summed E-state index contributed by atoms with van der Waals surface area (Å²) in [6.07, 6.45) is 1.48. The highest BCUT2D eigenvalue weighted by atomic mass is 16.2. The Balaban J connectivity index is 2.23. The van der Waals surface area contributed by atoms with Gasteiger partial charge in [0.05, 0.1) is 6.07 Å². The molecule has 0 radical (unpaired) electrons. The van der Waals surface area contributed by atoms with Crippen LogP contribution in [0, 0.1) is 24.2 Å². The highest BCUT2D eigenvalue weighted by Crippen LogP contribution is 2.20. The predicted molar refractivity (Wildman–Crippen MR) is 91.8 cm³/mol. The van der Waals surface area contributed by atoms with Gasteiger partial charge in [-0.25, -0.2) is 4.98 Å². The minimum absolute atomic E-state index is 0.164. The fourth-order valence-electron chi connectivity index (χ4n) is 2.14. The number of anilines is 2. The average molecular weight is 336 g/mol. The van der Waals surface area contributed by atoms with Crippen molar-refractivity contribution < 1.29 is 14.4 Å². The van der Waals surface area contributed by atoms with E-state index < -0.39 is 17.6 Å². The number of Topliss-reactive ketones (excluding diaryl/α,β-unsaturated/α-hetero) is 1. The molecule has 2 N–H and O–H groups in total. The first-order valence-corrected chi connectivity index (χ1v) is 7.46. The highest BCUT2D eigenvalue weighted by Gasteiger charge is 2.28. The molecule has 126 valence electrons. The van der Waals surface area contributed by atoms with E-state index in [0.717, 1.165) is 5.56 Å². The van der Waals surface area contributed by atoms with Crippen molar-refractivity contribution in [2.45, 2.75) is 13.8 Å². The van der Waals surface area contributed by atoms with Crippen LogP contribution >= 0.6 is 0 Å². The maximum Gasteiger partial charge on any atom is 0.250 e. The molecule has 0 aliphatic rings. The second kappa shape index (κ2) is 7.84. The Kier molecular flexibility index (Phi) is 5.58. The number of benzene rings is 1. The normalized spacial score (nSPS) is 11.1. The number of nitriles is 1. The van der Waals surface area contributed by atoms with Crippen LogP contribution in [0.2, 0.25) is 0 Å². The van der Waals surface area contributed by atoms with Crippen LogP contribution in [0.15, 0.2) is 42.6 Å². The van der Waals surface area contributed by atoms with E-state index >= 15 is 0 Å². The summed E-state index contributed by atoms with van der Waals surface area (Å²) in [6, 6.07) is 11.2. The molecule has 7 heteroatoms. The van der Waals surface area contributed by atoms with E-state index in [-0.39, 0.29) is 17.3 Å². The topological polar surface area (TPSA) is 112 Å². The number of ketones is 1. The van der Waals surface area contributed by atoms with Gasteiger partial charge in [0.2, 0.25) is 5.91 Å². The van der Waals surface area contributed by atoms with E-state index in [1.807, 2.05) is 0 Å². The Morgan fingerprint density at radius 3 is 2.52 bits per heavy atom. The summed E-state index contributed by atoms with van der Waals surface area (Å²) < 4.78 is 0. The Morgan fingerprint density at radius 2 is 1.92 bits per heavy atom. The molecule has 25 heavy (non-hydrogen) atoms. The van der Waals surface area contributed by atoms with Crippen LogP contribution in [0.4, 0.5) is 11.5 Å². The molecule has 2 rings (SSSR count). The first-order valence-electron chi connectivity index (χ1n) is 7.46. The largest absolute Gasteiger partial charge is 0.326 e. The number of carbonyl (C=O) groups is 3. The first kappa shape index (κ1) is 17.8. The third-order valence-corrected chi connectivity index (χ3v) is 3.40. The molecular weight excluding hydrogens is 320 g/mol. The van der Waals surface area contributed by atoms with Crippen molar-refractivity contribution in [3.05, 3.63) is 53.7 Å². The molecule has 0 saturated carbocycles. The molecule has 0 spiro atoms. The monoisotopic (exact) mass is 336 g/mol. The average Bonchev–Trinajstić information content (AvgIpc) is 2.58. The van der Waals surface area contributed by atoms with E-state index in [1.54, 1.807) is 37.3 Å². The van der Waals surface area contributed by atoms with Crippen LogP contribution in [-0.4, -0.2) is 22.6 Å². The van der Waals surface area contributed by atoms with Gasteiger partial charge in [-0.2, -0.15) is 5.26 Å². The molecule has 1 atom stereocenters. The fraction of sp³-hybridized carbons (Fsp3) is 0.167. The molecule has 7 nitrogen and oxygen atoms in total. The lowest BCUT2D eigenvalue weighted by Gasteiger charge is -2.12. The number of aromatic nitrogens is 1. The van der Waals surface area contributed by atoms with Crippen molar-refractivity contribution >= 4 is 29.1 Å². The second-order valence-electron chi connectivity index (χ2n) is 5.34. The number of hydrogen-bond acceptors (Lipinski definition) is 5. The predicted octanol–water partition coefficient (Wildman–Crippen LogP) is 2.31. The Hall–Kier alpha value is -3.53. The molecule has 2 amide bonds. The summed E-state index contributed by atoms with van der Waals surface area (Å²) in [5.74, 6) is -2.95. The molecule has 1 heterocycles. The molecule has 0 bridgehead atoms. The van der Waals surface area contributed by atoms with Gasteiger partial charge in [-0.3, -0.25) is 14.4 Å². The second-order valence-corrected chi connectivity index (χ2v) is 5.34. The van der Waals surface area contributed by atoms with Crippen molar-refractivity contribution in [3.8, 4) is 6.07 Å². The van der Waals surface area contributed by atoms with Gasteiger partial charge in [0.15, 0.2) is 11.7 Å². The maximum absolute atomic E-state index is 12.5. The smallest absolute Gasteiger partial charge is 0.250 e. The highest BCUT2D eigenvalue weighted by molar-refractivity contribution is 6.15. The Bertz CT molecular complexity index is 856. The summed E-state index contributed by atoms with van der Waals surface area (Å²) >= 11 is 0. The number of carbonyl (C=O) groups excluding carboxylic acids is 3. The van der Waals surface area contributed by atoms with Crippen LogP contribution in [0.25, 0.3) is 0 Å². The minimum atomic E-state index is -1.52. The van der Waals surface area contributed by atoms with E-state index in [9.17, 15) is 19.6 Å². The van der Waals surface area contributed by atoms with Gasteiger partial charge in [0, 0.05) is 24.4 Å². The lowest BCUT2D eigenvalue weighted by Crippen LogP contribution is -2.29. The molecule has 0 saturated heterocycles. The minimum Gasteiger partial charge on any atom is -0.326 e. The molecule has 2 aromatic rings. The van der Waals surface area contributed by atoms with Crippen molar-refractivity contribution in [1.82, 2.24) is 4.98 Å². The summed E-state index contributed by atoms with van der Waals surface area (Å²) in [5, 5.41) is 14.3. The number of nitrogens with one attached hydrogen (secondary N) is 2. The molecule has 0 fully saturated rings. The zero-order valence-corrected chi connectivity index (χ0v) is 13.7. The fourth-order valence-corrected chi connectivity index (χ4v) is 2.14. The maximum atomic E-state index is 12.5. The van der Waals surface area contributed by atoms with E-state index in [0.29, 0.717) is 5.69 Å². The van der Waals surface area contributed by atoms with Gasteiger partial charge >= 0.3 is 0 Å². The number of aryl methyl sites for hydroxylation is 1. The number of nitrogens with zero attached hydrogens (tertiary/aromatic N) is 2. The van der Waals surface area contributed by atoms with Crippen LogP contribution < -0.4 is 10.6 Å².